The molecule has 3 rings (SSSR count). The average molecular weight is 319 g/mol. The standard InChI is InChI=1S/C18H17N5O/c1-13-11-15(14(2)23(13)17-8-4-6-10-20-17)12-21-22-18(24)16-7-3-5-9-19-16/h3-12H,1-2H3,(H,22,24)/b21-12-. The fourth-order valence-electron chi connectivity index (χ4n) is 2.47. The van der Waals surface area contributed by atoms with Crippen molar-refractivity contribution in [1.82, 2.24) is 20.0 Å². The van der Waals surface area contributed by atoms with E-state index in [1.165, 1.54) is 0 Å². The monoisotopic (exact) mass is 319 g/mol. The number of aromatic nitrogens is 3. The number of rotatable bonds is 4. The Morgan fingerprint density at radius 2 is 1.88 bits per heavy atom. The first-order chi connectivity index (χ1) is 11.7. The van der Waals surface area contributed by atoms with Gasteiger partial charge in [0.2, 0.25) is 0 Å². The van der Waals surface area contributed by atoms with Gasteiger partial charge < -0.3 is 4.57 Å². The van der Waals surface area contributed by atoms with Crippen molar-refractivity contribution in [2.75, 3.05) is 0 Å². The molecule has 0 bridgehead atoms. The molecule has 0 atom stereocenters. The van der Waals surface area contributed by atoms with Crippen molar-refractivity contribution in [2.24, 2.45) is 5.10 Å². The van der Waals surface area contributed by atoms with Crippen molar-refractivity contribution in [1.29, 1.82) is 0 Å². The van der Waals surface area contributed by atoms with E-state index in [0.29, 0.717) is 5.69 Å². The van der Waals surface area contributed by atoms with Gasteiger partial charge in [0.25, 0.3) is 5.91 Å². The molecular formula is C18H17N5O. The third kappa shape index (κ3) is 3.22. The minimum absolute atomic E-state index is 0.327. The first-order valence-corrected chi connectivity index (χ1v) is 7.51. The molecule has 0 aliphatic heterocycles. The first kappa shape index (κ1) is 15.6. The van der Waals surface area contributed by atoms with Gasteiger partial charge in [0.15, 0.2) is 0 Å². The molecule has 3 aromatic heterocycles. The minimum atomic E-state index is -0.342. The zero-order chi connectivity index (χ0) is 16.9. The van der Waals surface area contributed by atoms with Crippen LogP contribution >= 0.6 is 0 Å². The molecule has 1 N–H and O–H groups in total. The van der Waals surface area contributed by atoms with E-state index in [1.54, 1.807) is 36.8 Å². The van der Waals surface area contributed by atoms with Crippen LogP contribution in [0.4, 0.5) is 0 Å². The second kappa shape index (κ2) is 6.87. The van der Waals surface area contributed by atoms with Crippen molar-refractivity contribution in [3.8, 4) is 5.82 Å². The van der Waals surface area contributed by atoms with Crippen LogP contribution in [-0.4, -0.2) is 26.7 Å². The van der Waals surface area contributed by atoms with Gasteiger partial charge in [-0.2, -0.15) is 5.10 Å². The van der Waals surface area contributed by atoms with Crippen LogP contribution in [0.1, 0.15) is 27.4 Å². The summed E-state index contributed by atoms with van der Waals surface area (Å²) in [6.45, 7) is 4.00. The van der Waals surface area contributed by atoms with E-state index < -0.39 is 0 Å². The number of carbonyl (C=O) groups is 1. The first-order valence-electron chi connectivity index (χ1n) is 7.51. The number of amides is 1. The number of pyridine rings is 2. The molecule has 0 radical (unpaired) electrons. The number of hydrogen-bond acceptors (Lipinski definition) is 4. The molecule has 0 aromatic carbocycles. The molecule has 0 unspecified atom stereocenters. The van der Waals surface area contributed by atoms with Crippen LogP contribution in [0, 0.1) is 13.8 Å². The molecule has 0 aliphatic carbocycles. The molecule has 6 nitrogen and oxygen atoms in total. The molecule has 3 aromatic rings. The summed E-state index contributed by atoms with van der Waals surface area (Å²) in [5.41, 5.74) is 5.78. The molecule has 0 aliphatic rings. The lowest BCUT2D eigenvalue weighted by atomic mass is 10.3. The van der Waals surface area contributed by atoms with Crippen LogP contribution in [-0.2, 0) is 0 Å². The number of hydrogen-bond donors (Lipinski definition) is 1. The molecule has 0 saturated heterocycles. The van der Waals surface area contributed by atoms with Gasteiger partial charge in [0.1, 0.15) is 11.5 Å². The highest BCUT2D eigenvalue weighted by molar-refractivity contribution is 5.93. The Kier molecular flexibility index (Phi) is 4.47. The Morgan fingerprint density at radius 3 is 2.54 bits per heavy atom. The van der Waals surface area contributed by atoms with Gasteiger partial charge in [0.05, 0.1) is 6.21 Å². The molecule has 120 valence electrons. The van der Waals surface area contributed by atoms with Crippen LogP contribution in [0.3, 0.4) is 0 Å². The Bertz CT molecular complexity index is 869. The van der Waals surface area contributed by atoms with Crippen LogP contribution in [0.2, 0.25) is 0 Å². The number of carbonyl (C=O) groups excluding carboxylic acids is 1. The molecule has 1 amide bonds. The van der Waals surface area contributed by atoms with Crippen LogP contribution in [0.15, 0.2) is 60.0 Å². The van der Waals surface area contributed by atoms with E-state index in [-0.39, 0.29) is 5.91 Å². The van der Waals surface area contributed by atoms with Crippen LogP contribution in [0.25, 0.3) is 5.82 Å². The second-order valence-electron chi connectivity index (χ2n) is 5.26. The summed E-state index contributed by atoms with van der Waals surface area (Å²) in [6, 6.07) is 12.9. The summed E-state index contributed by atoms with van der Waals surface area (Å²) in [6.07, 6.45) is 4.96. The van der Waals surface area contributed by atoms with E-state index >= 15 is 0 Å². The Labute approximate surface area is 139 Å². The lowest BCUT2D eigenvalue weighted by Gasteiger charge is -2.07. The summed E-state index contributed by atoms with van der Waals surface area (Å²) < 4.78 is 2.04. The van der Waals surface area contributed by atoms with E-state index in [1.807, 2.05) is 42.7 Å². The van der Waals surface area contributed by atoms with Crippen LogP contribution in [0.5, 0.6) is 0 Å². The van der Waals surface area contributed by atoms with Crippen molar-refractivity contribution >= 4 is 12.1 Å². The quantitative estimate of drug-likeness (QED) is 0.593. The largest absolute Gasteiger partial charge is 0.303 e. The van der Waals surface area contributed by atoms with Gasteiger partial charge >= 0.3 is 0 Å². The van der Waals surface area contributed by atoms with Gasteiger partial charge in [-0.05, 0) is 44.2 Å². The normalized spacial score (nSPS) is 10.9. The third-order valence-corrected chi connectivity index (χ3v) is 3.62. The van der Waals surface area contributed by atoms with E-state index in [0.717, 1.165) is 22.8 Å². The fourth-order valence-corrected chi connectivity index (χ4v) is 2.47. The number of hydrazone groups is 1. The Balaban J connectivity index is 1.78. The summed E-state index contributed by atoms with van der Waals surface area (Å²) >= 11 is 0. The zero-order valence-electron chi connectivity index (χ0n) is 13.5. The Morgan fingerprint density at radius 1 is 1.12 bits per heavy atom. The van der Waals surface area contributed by atoms with Crippen molar-refractivity contribution in [2.45, 2.75) is 13.8 Å². The lowest BCUT2D eigenvalue weighted by molar-refractivity contribution is 0.0950. The average Bonchev–Trinajstić information content (AvgIpc) is 2.90. The van der Waals surface area contributed by atoms with E-state index in [9.17, 15) is 4.79 Å². The summed E-state index contributed by atoms with van der Waals surface area (Å²) in [5, 5.41) is 4.03. The van der Waals surface area contributed by atoms with Crippen LogP contribution < -0.4 is 5.43 Å². The highest BCUT2D eigenvalue weighted by Crippen LogP contribution is 2.17. The number of aryl methyl sites for hydroxylation is 1. The van der Waals surface area contributed by atoms with Gasteiger partial charge in [-0.25, -0.2) is 10.4 Å². The molecule has 6 heteroatoms. The van der Waals surface area contributed by atoms with Crippen molar-refractivity contribution < 1.29 is 4.79 Å². The Hall–Kier alpha value is -3.28. The second-order valence-corrected chi connectivity index (χ2v) is 5.26. The third-order valence-electron chi connectivity index (χ3n) is 3.62. The lowest BCUT2D eigenvalue weighted by Crippen LogP contribution is -2.18. The molecule has 0 saturated carbocycles. The predicted octanol–water partition coefficient (Wildman–Crippen LogP) is 2.65. The van der Waals surface area contributed by atoms with Gasteiger partial charge in [-0.1, -0.05) is 12.1 Å². The molecule has 0 fully saturated rings. The fraction of sp³-hybridized carbons (Fsp3) is 0.111. The zero-order valence-corrected chi connectivity index (χ0v) is 13.5. The molecule has 3 heterocycles. The highest BCUT2D eigenvalue weighted by Gasteiger charge is 2.10. The molecule has 24 heavy (non-hydrogen) atoms. The maximum absolute atomic E-state index is 11.9. The smallest absolute Gasteiger partial charge is 0.289 e. The molecule has 0 spiro atoms. The maximum atomic E-state index is 11.9. The number of nitrogens with one attached hydrogen (secondary N) is 1. The number of nitrogens with zero attached hydrogens (tertiary/aromatic N) is 4. The van der Waals surface area contributed by atoms with Crippen molar-refractivity contribution in [3.05, 3.63) is 77.5 Å². The summed E-state index contributed by atoms with van der Waals surface area (Å²) in [4.78, 5) is 20.3. The maximum Gasteiger partial charge on any atom is 0.289 e. The van der Waals surface area contributed by atoms with Gasteiger partial charge in [-0.3, -0.25) is 9.78 Å². The molecular weight excluding hydrogens is 302 g/mol. The SMILES string of the molecule is Cc1cc(/C=N\NC(=O)c2ccccn2)c(C)n1-c1ccccn1. The van der Waals surface area contributed by atoms with E-state index in [4.69, 9.17) is 0 Å². The van der Waals surface area contributed by atoms with E-state index in [2.05, 4.69) is 20.5 Å². The van der Waals surface area contributed by atoms with Crippen molar-refractivity contribution in [3.63, 3.8) is 0 Å². The topological polar surface area (TPSA) is 72.2 Å². The predicted molar refractivity (Wildman–Crippen MR) is 92.3 cm³/mol. The summed E-state index contributed by atoms with van der Waals surface area (Å²) in [7, 11) is 0. The minimum Gasteiger partial charge on any atom is -0.303 e. The summed E-state index contributed by atoms with van der Waals surface area (Å²) in [5.74, 6) is 0.509. The van der Waals surface area contributed by atoms with Gasteiger partial charge in [0, 0.05) is 29.3 Å². The van der Waals surface area contributed by atoms with Gasteiger partial charge in [-0.15, -0.1) is 0 Å². The highest BCUT2D eigenvalue weighted by atomic mass is 16.2.